The summed E-state index contributed by atoms with van der Waals surface area (Å²) in [5.74, 6) is -0.0696. The average molecular weight is 296 g/mol. The zero-order chi connectivity index (χ0) is 13.1. The molecule has 0 aromatic heterocycles. The van der Waals surface area contributed by atoms with Crippen LogP contribution in [0.1, 0.15) is 5.56 Å². The fourth-order valence-corrected chi connectivity index (χ4v) is 2.90. The van der Waals surface area contributed by atoms with Gasteiger partial charge in [-0.3, -0.25) is 9.69 Å². The first kappa shape index (κ1) is 13.3. The van der Waals surface area contributed by atoms with E-state index in [9.17, 15) is 4.79 Å². The Morgan fingerprint density at radius 3 is 2.67 bits per heavy atom. The van der Waals surface area contributed by atoms with Crippen LogP contribution in [-0.4, -0.2) is 21.7 Å². The van der Waals surface area contributed by atoms with E-state index in [1.54, 1.807) is 18.2 Å². The number of hydrogen-bond donors (Lipinski definition) is 0. The van der Waals surface area contributed by atoms with E-state index in [0.717, 1.165) is 5.56 Å². The summed E-state index contributed by atoms with van der Waals surface area (Å²) in [5.41, 5.74) is 0.929. The molecule has 0 unspecified atom stereocenters. The normalized spacial score (nSPS) is 17.6. The van der Waals surface area contributed by atoms with Crippen LogP contribution in [0.15, 0.2) is 41.8 Å². The van der Waals surface area contributed by atoms with Crippen LogP contribution in [0.25, 0.3) is 6.08 Å². The number of thiocarbonyl (C=S) groups is 1. The summed E-state index contributed by atoms with van der Waals surface area (Å²) >= 11 is 12.3. The minimum atomic E-state index is -0.0696. The van der Waals surface area contributed by atoms with Crippen LogP contribution in [0, 0.1) is 0 Å². The van der Waals surface area contributed by atoms with Crippen LogP contribution >= 0.6 is 35.6 Å². The van der Waals surface area contributed by atoms with Crippen molar-refractivity contribution in [1.29, 1.82) is 0 Å². The molecule has 1 aliphatic heterocycles. The largest absolute Gasteiger partial charge is 0.289 e. The van der Waals surface area contributed by atoms with Crippen molar-refractivity contribution >= 4 is 51.9 Å². The fraction of sp³-hybridized carbons (Fsp3) is 0.0769. The Balaban J connectivity index is 2.24. The van der Waals surface area contributed by atoms with Crippen molar-refractivity contribution in [3.8, 4) is 0 Å². The maximum absolute atomic E-state index is 12.1. The van der Waals surface area contributed by atoms with Gasteiger partial charge in [-0.25, -0.2) is 0 Å². The number of nitrogens with zero attached hydrogens (tertiary/aromatic N) is 1. The third-order valence-electron chi connectivity index (χ3n) is 2.35. The van der Waals surface area contributed by atoms with E-state index in [1.165, 1.54) is 16.7 Å². The molecule has 18 heavy (non-hydrogen) atoms. The van der Waals surface area contributed by atoms with Crippen LogP contribution in [-0.2, 0) is 4.79 Å². The Kier molecular flexibility index (Phi) is 4.22. The van der Waals surface area contributed by atoms with E-state index in [-0.39, 0.29) is 5.91 Å². The highest BCUT2D eigenvalue weighted by Crippen LogP contribution is 2.32. The molecule has 92 valence electrons. The summed E-state index contributed by atoms with van der Waals surface area (Å²) < 4.78 is 0.570. The van der Waals surface area contributed by atoms with E-state index in [4.69, 9.17) is 23.8 Å². The summed E-state index contributed by atoms with van der Waals surface area (Å²) in [5, 5.41) is 0.673. The number of amides is 1. The lowest BCUT2D eigenvalue weighted by Crippen LogP contribution is -2.27. The number of halogens is 1. The molecule has 0 radical (unpaired) electrons. The summed E-state index contributed by atoms with van der Waals surface area (Å²) in [6, 6.07) is 7.31. The molecule has 2 rings (SSSR count). The van der Waals surface area contributed by atoms with Crippen LogP contribution in [0.2, 0.25) is 5.02 Å². The van der Waals surface area contributed by atoms with E-state index in [0.29, 0.717) is 20.8 Å². The first-order valence-corrected chi connectivity index (χ1v) is 6.84. The van der Waals surface area contributed by atoms with Crippen molar-refractivity contribution in [2.75, 3.05) is 6.54 Å². The average Bonchev–Trinajstić information content (AvgIpc) is 2.60. The zero-order valence-electron chi connectivity index (χ0n) is 9.43. The van der Waals surface area contributed by atoms with E-state index < -0.39 is 0 Å². The molecule has 0 spiro atoms. The van der Waals surface area contributed by atoms with Gasteiger partial charge < -0.3 is 0 Å². The van der Waals surface area contributed by atoms with Crippen molar-refractivity contribution in [2.24, 2.45) is 0 Å². The standard InChI is InChI=1S/C13H10ClNOS2/c1-2-7-15-12(16)11(18-13(15)17)8-9-3-5-10(14)6-4-9/h2-6,8H,1,7H2/b11-8-. The topological polar surface area (TPSA) is 20.3 Å². The molecule has 0 saturated carbocycles. The quantitative estimate of drug-likeness (QED) is 0.481. The minimum absolute atomic E-state index is 0.0696. The smallest absolute Gasteiger partial charge is 0.266 e. The summed E-state index contributed by atoms with van der Waals surface area (Å²) in [7, 11) is 0. The van der Waals surface area contributed by atoms with Gasteiger partial charge in [-0.15, -0.1) is 6.58 Å². The fourth-order valence-electron chi connectivity index (χ4n) is 1.50. The van der Waals surface area contributed by atoms with Gasteiger partial charge in [-0.1, -0.05) is 53.8 Å². The molecule has 0 aliphatic carbocycles. The molecule has 1 fully saturated rings. The number of hydrogen-bond acceptors (Lipinski definition) is 3. The van der Waals surface area contributed by atoms with Gasteiger partial charge in [0.05, 0.1) is 4.91 Å². The van der Waals surface area contributed by atoms with Gasteiger partial charge in [0.1, 0.15) is 4.32 Å². The molecule has 1 aliphatic rings. The van der Waals surface area contributed by atoms with Gasteiger partial charge in [0.25, 0.3) is 5.91 Å². The van der Waals surface area contributed by atoms with E-state index in [1.807, 2.05) is 18.2 Å². The van der Waals surface area contributed by atoms with Gasteiger partial charge in [-0.05, 0) is 23.8 Å². The second kappa shape index (κ2) is 5.69. The second-order valence-electron chi connectivity index (χ2n) is 3.63. The van der Waals surface area contributed by atoms with Gasteiger partial charge >= 0.3 is 0 Å². The maximum Gasteiger partial charge on any atom is 0.266 e. The van der Waals surface area contributed by atoms with Gasteiger partial charge in [0.2, 0.25) is 0 Å². The molecular weight excluding hydrogens is 286 g/mol. The summed E-state index contributed by atoms with van der Waals surface area (Å²) in [6.07, 6.45) is 3.48. The number of benzene rings is 1. The lowest BCUT2D eigenvalue weighted by molar-refractivity contribution is -0.121. The zero-order valence-corrected chi connectivity index (χ0v) is 11.8. The minimum Gasteiger partial charge on any atom is -0.289 e. The number of thioether (sulfide) groups is 1. The lowest BCUT2D eigenvalue weighted by atomic mass is 10.2. The van der Waals surface area contributed by atoms with Crippen molar-refractivity contribution in [2.45, 2.75) is 0 Å². The Morgan fingerprint density at radius 1 is 1.39 bits per heavy atom. The van der Waals surface area contributed by atoms with Crippen LogP contribution in [0.3, 0.4) is 0 Å². The molecule has 1 saturated heterocycles. The van der Waals surface area contributed by atoms with Crippen molar-refractivity contribution in [1.82, 2.24) is 4.90 Å². The summed E-state index contributed by atoms with van der Waals surface area (Å²) in [4.78, 5) is 14.2. The number of rotatable bonds is 3. The molecule has 0 N–H and O–H groups in total. The Labute approximate surface area is 120 Å². The van der Waals surface area contributed by atoms with Gasteiger partial charge in [-0.2, -0.15) is 0 Å². The second-order valence-corrected chi connectivity index (χ2v) is 5.74. The molecule has 5 heteroatoms. The Hall–Kier alpha value is -1.10. The number of carbonyl (C=O) groups is 1. The maximum atomic E-state index is 12.1. The van der Waals surface area contributed by atoms with Crippen LogP contribution < -0.4 is 0 Å². The predicted molar refractivity (Wildman–Crippen MR) is 81.5 cm³/mol. The van der Waals surface area contributed by atoms with E-state index >= 15 is 0 Å². The van der Waals surface area contributed by atoms with Crippen LogP contribution in [0.4, 0.5) is 0 Å². The first-order valence-electron chi connectivity index (χ1n) is 5.23. The Bertz CT molecular complexity index is 536. The highest BCUT2D eigenvalue weighted by atomic mass is 35.5. The molecular formula is C13H10ClNOS2. The van der Waals surface area contributed by atoms with Crippen molar-refractivity contribution in [3.63, 3.8) is 0 Å². The van der Waals surface area contributed by atoms with Gasteiger partial charge in [0.15, 0.2) is 0 Å². The lowest BCUT2D eigenvalue weighted by Gasteiger charge is -2.10. The highest BCUT2D eigenvalue weighted by molar-refractivity contribution is 8.26. The highest BCUT2D eigenvalue weighted by Gasteiger charge is 2.30. The van der Waals surface area contributed by atoms with Crippen LogP contribution in [0.5, 0.6) is 0 Å². The van der Waals surface area contributed by atoms with E-state index in [2.05, 4.69) is 6.58 Å². The number of carbonyl (C=O) groups excluding carboxylic acids is 1. The summed E-state index contributed by atoms with van der Waals surface area (Å²) in [6.45, 7) is 4.06. The Morgan fingerprint density at radius 2 is 2.06 bits per heavy atom. The molecule has 2 nitrogen and oxygen atoms in total. The predicted octanol–water partition coefficient (Wildman–Crippen LogP) is 3.73. The SMILES string of the molecule is C=CCN1C(=O)/C(=C/c2ccc(Cl)cc2)SC1=S. The molecule has 1 heterocycles. The third kappa shape index (κ3) is 2.83. The monoisotopic (exact) mass is 295 g/mol. The first-order chi connectivity index (χ1) is 8.61. The molecule has 1 aromatic carbocycles. The third-order valence-corrected chi connectivity index (χ3v) is 3.98. The van der Waals surface area contributed by atoms with Crippen molar-refractivity contribution < 1.29 is 4.79 Å². The molecule has 1 aromatic rings. The van der Waals surface area contributed by atoms with Gasteiger partial charge in [0, 0.05) is 11.6 Å². The molecule has 0 atom stereocenters. The molecule has 1 amide bonds. The van der Waals surface area contributed by atoms with Crippen molar-refractivity contribution in [3.05, 3.63) is 52.4 Å². The molecule has 0 bridgehead atoms.